The topological polar surface area (TPSA) is 48.6 Å². The zero-order chi connectivity index (χ0) is 10.1. The van der Waals surface area contributed by atoms with Gasteiger partial charge in [-0.1, -0.05) is 0 Å². The highest BCUT2D eigenvalue weighted by Crippen LogP contribution is 2.17. The van der Waals surface area contributed by atoms with Gasteiger partial charge in [0.1, 0.15) is 11.1 Å². The van der Waals surface area contributed by atoms with Crippen LogP contribution in [0, 0.1) is 0 Å². The lowest BCUT2D eigenvalue weighted by Crippen LogP contribution is -2.25. The highest BCUT2D eigenvalue weighted by molar-refractivity contribution is 7.80. The summed E-state index contributed by atoms with van der Waals surface area (Å²) in [6.07, 6.45) is 1.66. The summed E-state index contributed by atoms with van der Waals surface area (Å²) in [4.78, 5) is 5.00. The molecule has 0 N–H and O–H groups in total. The van der Waals surface area contributed by atoms with Crippen LogP contribution >= 0.6 is 12.6 Å². The van der Waals surface area contributed by atoms with Gasteiger partial charge in [0, 0.05) is 7.05 Å². The van der Waals surface area contributed by atoms with Crippen LogP contribution < -0.4 is 0 Å². The largest absolute Gasteiger partial charge is 0.468 e. The summed E-state index contributed by atoms with van der Waals surface area (Å²) in [5.74, 6) is 0.446. The van der Waals surface area contributed by atoms with Crippen molar-refractivity contribution in [2.45, 2.75) is 18.1 Å². The van der Waals surface area contributed by atoms with Crippen LogP contribution in [0.15, 0.2) is 16.4 Å². The predicted molar refractivity (Wildman–Crippen MR) is 53.5 cm³/mol. The van der Waals surface area contributed by atoms with E-state index in [1.165, 1.54) is 0 Å². The minimum absolute atomic E-state index is 0.00967. The molecule has 0 saturated carbocycles. The number of ether oxygens (including phenoxy) is 1. The van der Waals surface area contributed by atoms with E-state index >= 15 is 0 Å². The minimum atomic E-state index is 0.00967. The van der Waals surface area contributed by atoms with Crippen molar-refractivity contribution in [2.24, 2.45) is 12.2 Å². The third-order valence-corrected chi connectivity index (χ3v) is 2.44. The van der Waals surface area contributed by atoms with Gasteiger partial charge < -0.3 is 9.57 Å². The Morgan fingerprint density at radius 3 is 3.00 bits per heavy atom. The fourth-order valence-electron chi connectivity index (χ4n) is 1.14. The molecule has 0 fully saturated rings. The van der Waals surface area contributed by atoms with Crippen molar-refractivity contribution in [1.29, 1.82) is 0 Å². The first-order chi connectivity index (χ1) is 6.68. The molecule has 14 heavy (non-hydrogen) atoms. The lowest BCUT2D eigenvalue weighted by atomic mass is 10.3. The molecule has 1 atom stereocenters. The number of hydrogen-bond donors (Lipinski definition) is 1. The standard InChI is InChI=1S/C8H11N3O2S/c1-5-4-12-10-7(13-5)6-3-9-11(2)8(6)14/h3,5,14H,4H2,1-2H3. The Kier molecular flexibility index (Phi) is 2.37. The van der Waals surface area contributed by atoms with Crippen LogP contribution in [0.1, 0.15) is 12.5 Å². The molecule has 1 aromatic rings. The SMILES string of the molecule is CC1CON=C(c2cnn(C)c2S)O1. The summed E-state index contributed by atoms with van der Waals surface area (Å²) in [5, 5.41) is 8.57. The van der Waals surface area contributed by atoms with Crippen molar-refractivity contribution >= 4 is 18.5 Å². The lowest BCUT2D eigenvalue weighted by Gasteiger charge is -2.19. The zero-order valence-electron chi connectivity index (χ0n) is 7.97. The summed E-state index contributed by atoms with van der Waals surface area (Å²) < 4.78 is 7.13. The minimum Gasteiger partial charge on any atom is -0.468 e. The van der Waals surface area contributed by atoms with Crippen LogP contribution in [-0.4, -0.2) is 28.4 Å². The highest BCUT2D eigenvalue weighted by Gasteiger charge is 2.20. The number of hydrogen-bond acceptors (Lipinski definition) is 5. The second-order valence-electron chi connectivity index (χ2n) is 3.13. The fraction of sp³-hybridized carbons (Fsp3) is 0.500. The molecule has 76 valence electrons. The molecule has 1 aliphatic rings. The summed E-state index contributed by atoms with van der Waals surface area (Å²) in [7, 11) is 1.81. The Morgan fingerprint density at radius 1 is 1.64 bits per heavy atom. The van der Waals surface area contributed by atoms with Gasteiger partial charge in [-0.2, -0.15) is 5.10 Å². The van der Waals surface area contributed by atoms with Gasteiger partial charge in [-0.3, -0.25) is 4.68 Å². The molecule has 0 spiro atoms. The molecule has 5 nitrogen and oxygen atoms in total. The molecule has 2 rings (SSSR count). The first-order valence-corrected chi connectivity index (χ1v) is 4.71. The maximum absolute atomic E-state index is 5.49. The molecule has 6 heteroatoms. The van der Waals surface area contributed by atoms with Crippen molar-refractivity contribution in [3.63, 3.8) is 0 Å². The Balaban J connectivity index is 2.31. The zero-order valence-corrected chi connectivity index (χ0v) is 8.86. The van der Waals surface area contributed by atoms with Crippen molar-refractivity contribution in [1.82, 2.24) is 9.78 Å². The molecule has 1 aromatic heterocycles. The molecule has 0 saturated heterocycles. The van der Waals surface area contributed by atoms with Crippen LogP contribution in [0.3, 0.4) is 0 Å². The van der Waals surface area contributed by atoms with E-state index in [0.717, 1.165) is 5.56 Å². The van der Waals surface area contributed by atoms with Gasteiger partial charge in [0.2, 0.25) is 0 Å². The van der Waals surface area contributed by atoms with Crippen LogP contribution in [0.5, 0.6) is 0 Å². The monoisotopic (exact) mass is 213 g/mol. The van der Waals surface area contributed by atoms with E-state index in [1.807, 2.05) is 6.92 Å². The summed E-state index contributed by atoms with van der Waals surface area (Å²) in [6, 6.07) is 0. The number of rotatable bonds is 1. The molecular formula is C8H11N3O2S. The molecule has 2 heterocycles. The molecule has 0 aliphatic carbocycles. The Bertz CT molecular complexity index is 375. The number of oxime groups is 1. The van der Waals surface area contributed by atoms with E-state index in [1.54, 1.807) is 17.9 Å². The Labute approximate surface area is 87.1 Å². The molecule has 0 radical (unpaired) electrons. The van der Waals surface area contributed by atoms with E-state index in [9.17, 15) is 0 Å². The molecule has 1 unspecified atom stereocenters. The quantitative estimate of drug-likeness (QED) is 0.702. The lowest BCUT2D eigenvalue weighted by molar-refractivity contribution is 0.0194. The number of aryl methyl sites for hydroxylation is 1. The van der Waals surface area contributed by atoms with Gasteiger partial charge in [-0.05, 0) is 12.1 Å². The highest BCUT2D eigenvalue weighted by atomic mass is 32.1. The summed E-state index contributed by atoms with van der Waals surface area (Å²) >= 11 is 4.29. The van der Waals surface area contributed by atoms with Gasteiger partial charge >= 0.3 is 0 Å². The van der Waals surface area contributed by atoms with E-state index in [2.05, 4.69) is 22.9 Å². The van der Waals surface area contributed by atoms with Crippen LogP contribution in [0.2, 0.25) is 0 Å². The smallest absolute Gasteiger partial charge is 0.262 e. The van der Waals surface area contributed by atoms with E-state index in [0.29, 0.717) is 17.5 Å². The number of nitrogens with zero attached hydrogens (tertiary/aromatic N) is 3. The first kappa shape index (κ1) is 9.39. The van der Waals surface area contributed by atoms with Gasteiger partial charge in [0.25, 0.3) is 5.90 Å². The van der Waals surface area contributed by atoms with Gasteiger partial charge in [0.05, 0.1) is 11.8 Å². The second kappa shape index (κ2) is 3.53. The summed E-state index contributed by atoms with van der Waals surface area (Å²) in [5.41, 5.74) is 0.752. The van der Waals surface area contributed by atoms with Crippen molar-refractivity contribution in [3.05, 3.63) is 11.8 Å². The molecular weight excluding hydrogens is 202 g/mol. The predicted octanol–water partition coefficient (Wildman–Crippen LogP) is 0.806. The third kappa shape index (κ3) is 1.57. The van der Waals surface area contributed by atoms with Crippen molar-refractivity contribution in [3.8, 4) is 0 Å². The average molecular weight is 213 g/mol. The van der Waals surface area contributed by atoms with E-state index in [-0.39, 0.29) is 6.10 Å². The Morgan fingerprint density at radius 2 is 2.43 bits per heavy atom. The van der Waals surface area contributed by atoms with Crippen LogP contribution in [-0.2, 0) is 16.6 Å². The van der Waals surface area contributed by atoms with Gasteiger partial charge in [0.15, 0.2) is 6.61 Å². The molecule has 0 bridgehead atoms. The molecule has 1 aliphatic heterocycles. The van der Waals surface area contributed by atoms with E-state index < -0.39 is 0 Å². The second-order valence-corrected chi connectivity index (χ2v) is 3.55. The van der Waals surface area contributed by atoms with Gasteiger partial charge in [-0.25, -0.2) is 0 Å². The summed E-state index contributed by atoms with van der Waals surface area (Å²) in [6.45, 7) is 2.40. The van der Waals surface area contributed by atoms with Gasteiger partial charge in [-0.15, -0.1) is 12.6 Å². The van der Waals surface area contributed by atoms with Crippen molar-refractivity contribution < 1.29 is 9.57 Å². The maximum atomic E-state index is 5.49. The maximum Gasteiger partial charge on any atom is 0.262 e. The van der Waals surface area contributed by atoms with Crippen LogP contribution in [0.25, 0.3) is 0 Å². The number of thiol groups is 1. The first-order valence-electron chi connectivity index (χ1n) is 4.26. The van der Waals surface area contributed by atoms with Crippen molar-refractivity contribution in [2.75, 3.05) is 6.61 Å². The normalized spacial score (nSPS) is 21.1. The van der Waals surface area contributed by atoms with E-state index in [4.69, 9.17) is 9.57 Å². The average Bonchev–Trinajstić information content (AvgIpc) is 2.48. The number of aromatic nitrogens is 2. The molecule has 0 amide bonds. The molecule has 0 aromatic carbocycles. The fourth-order valence-corrected chi connectivity index (χ4v) is 1.35. The third-order valence-electron chi connectivity index (χ3n) is 1.91. The van der Waals surface area contributed by atoms with Crippen LogP contribution in [0.4, 0.5) is 0 Å². The Hall–Kier alpha value is -1.17.